The van der Waals surface area contributed by atoms with Crippen LogP contribution in [-0.4, -0.2) is 99.6 Å². The van der Waals surface area contributed by atoms with Crippen molar-refractivity contribution in [3.05, 3.63) is 97.2 Å². The van der Waals surface area contributed by atoms with E-state index in [1.165, 1.54) is 135 Å². The van der Waals surface area contributed by atoms with Gasteiger partial charge in [0.15, 0.2) is 12.4 Å². The summed E-state index contributed by atoms with van der Waals surface area (Å²) in [5, 5.41) is 57.2. The fraction of sp³-hybridized carbons (Fsp3) is 0.757. The Kier molecular flexibility index (Phi) is 57.0. The Labute approximate surface area is 520 Å². The zero-order chi connectivity index (χ0) is 61.7. The largest absolute Gasteiger partial charge is 0.454 e. The van der Waals surface area contributed by atoms with Gasteiger partial charge >= 0.3 is 5.97 Å². The molecule has 1 aliphatic rings. The van der Waals surface area contributed by atoms with Gasteiger partial charge in [0.05, 0.1) is 25.4 Å². The molecular weight excluding hydrogens is 1060 g/mol. The molecule has 1 amide bonds. The number of rotatable bonds is 59. The van der Waals surface area contributed by atoms with Gasteiger partial charge in [-0.05, 0) is 103 Å². The molecule has 0 saturated carbocycles. The maximum absolute atomic E-state index is 13.5. The second-order valence-electron chi connectivity index (χ2n) is 23.9. The average molecular weight is 1190 g/mol. The number of hydrogen-bond donors (Lipinski definition) is 6. The maximum atomic E-state index is 13.5. The molecule has 490 valence electrons. The van der Waals surface area contributed by atoms with E-state index in [9.17, 15) is 35.1 Å². The zero-order valence-electron chi connectivity index (χ0n) is 54.5. The van der Waals surface area contributed by atoms with Crippen molar-refractivity contribution in [3.63, 3.8) is 0 Å². The highest BCUT2D eigenvalue weighted by Crippen LogP contribution is 2.26. The van der Waals surface area contributed by atoms with Gasteiger partial charge in [0.1, 0.15) is 24.4 Å². The molecule has 0 radical (unpaired) electrons. The number of nitrogens with one attached hydrogen (secondary N) is 1. The lowest BCUT2D eigenvalue weighted by molar-refractivity contribution is -0.305. The second-order valence-corrected chi connectivity index (χ2v) is 23.9. The molecule has 0 aromatic heterocycles. The molecule has 8 unspecified atom stereocenters. The number of esters is 1. The molecule has 6 N–H and O–H groups in total. The Bertz CT molecular complexity index is 1750. The molecule has 0 aromatic rings. The van der Waals surface area contributed by atoms with Crippen LogP contribution in [0.15, 0.2) is 97.2 Å². The summed E-state index contributed by atoms with van der Waals surface area (Å²) in [6, 6.07) is -1.03. The Hall–Kier alpha value is -3.42. The van der Waals surface area contributed by atoms with Gasteiger partial charge in [0.25, 0.3) is 0 Å². The molecule has 0 bridgehead atoms. The van der Waals surface area contributed by atoms with Crippen LogP contribution in [0.4, 0.5) is 0 Å². The van der Waals surface area contributed by atoms with Gasteiger partial charge in [-0.25, -0.2) is 0 Å². The Morgan fingerprint density at radius 2 is 0.847 bits per heavy atom. The normalized spacial score (nSPS) is 19.0. The number of unbranched alkanes of at least 4 members (excludes halogenated alkanes) is 31. The van der Waals surface area contributed by atoms with E-state index >= 15 is 0 Å². The van der Waals surface area contributed by atoms with E-state index in [1.807, 2.05) is 6.08 Å². The summed E-state index contributed by atoms with van der Waals surface area (Å²) in [7, 11) is 0. The Morgan fingerprint density at radius 3 is 1.28 bits per heavy atom. The summed E-state index contributed by atoms with van der Waals surface area (Å²) >= 11 is 0. The van der Waals surface area contributed by atoms with Crippen molar-refractivity contribution in [2.24, 2.45) is 0 Å². The highest BCUT2D eigenvalue weighted by Gasteiger charge is 2.47. The van der Waals surface area contributed by atoms with Crippen LogP contribution >= 0.6 is 0 Å². The van der Waals surface area contributed by atoms with E-state index in [1.54, 1.807) is 6.08 Å². The number of aliphatic hydroxyl groups is 5. The maximum Gasteiger partial charge on any atom is 0.306 e. The lowest BCUT2D eigenvalue weighted by Gasteiger charge is -2.41. The first-order valence-electron chi connectivity index (χ1n) is 35.0. The highest BCUT2D eigenvalue weighted by atomic mass is 16.7. The first-order valence-corrected chi connectivity index (χ1v) is 35.0. The van der Waals surface area contributed by atoms with Crippen LogP contribution in [0, 0.1) is 0 Å². The molecular formula is C74H129NO10. The summed E-state index contributed by atoms with van der Waals surface area (Å²) in [6.45, 7) is 5.68. The summed E-state index contributed by atoms with van der Waals surface area (Å²) in [5.41, 5.74) is 0. The minimum absolute atomic E-state index is 0.109. The van der Waals surface area contributed by atoms with Crippen molar-refractivity contribution in [1.29, 1.82) is 0 Å². The van der Waals surface area contributed by atoms with Crippen molar-refractivity contribution in [2.75, 3.05) is 13.2 Å². The molecule has 11 nitrogen and oxygen atoms in total. The first-order chi connectivity index (χ1) is 41.7. The molecule has 1 heterocycles. The van der Waals surface area contributed by atoms with E-state index in [0.29, 0.717) is 12.8 Å². The van der Waals surface area contributed by atoms with Crippen LogP contribution in [-0.2, 0) is 23.8 Å². The second kappa shape index (κ2) is 60.8. The van der Waals surface area contributed by atoms with Gasteiger partial charge in [-0.3, -0.25) is 9.59 Å². The predicted octanol–water partition coefficient (Wildman–Crippen LogP) is 17.8. The Balaban J connectivity index is 2.57. The van der Waals surface area contributed by atoms with E-state index < -0.39 is 67.4 Å². The van der Waals surface area contributed by atoms with Gasteiger partial charge < -0.3 is 45.1 Å². The number of amides is 1. The highest BCUT2D eigenvalue weighted by molar-refractivity contribution is 5.80. The zero-order valence-corrected chi connectivity index (χ0v) is 54.5. The number of aliphatic hydroxyl groups excluding tert-OH is 5. The van der Waals surface area contributed by atoms with Crippen LogP contribution in [0.2, 0.25) is 0 Å². The first kappa shape index (κ1) is 79.6. The van der Waals surface area contributed by atoms with E-state index in [4.69, 9.17) is 14.2 Å². The fourth-order valence-corrected chi connectivity index (χ4v) is 10.5. The topological polar surface area (TPSA) is 175 Å². The smallest absolute Gasteiger partial charge is 0.306 e. The molecule has 1 fully saturated rings. The van der Waals surface area contributed by atoms with Crippen LogP contribution in [0.1, 0.15) is 297 Å². The summed E-state index contributed by atoms with van der Waals surface area (Å²) < 4.78 is 17.7. The van der Waals surface area contributed by atoms with Gasteiger partial charge in [-0.1, -0.05) is 285 Å². The third kappa shape index (κ3) is 48.2. The molecule has 0 aromatic carbocycles. The number of hydrogen-bond acceptors (Lipinski definition) is 10. The number of carbonyl (C=O) groups excluding carboxylic acids is 2. The Morgan fingerprint density at radius 1 is 0.471 bits per heavy atom. The van der Waals surface area contributed by atoms with Crippen molar-refractivity contribution in [1.82, 2.24) is 5.32 Å². The van der Waals surface area contributed by atoms with Crippen LogP contribution in [0.25, 0.3) is 0 Å². The van der Waals surface area contributed by atoms with Crippen LogP contribution in [0.3, 0.4) is 0 Å². The number of carbonyl (C=O) groups is 2. The third-order valence-corrected chi connectivity index (χ3v) is 16.0. The molecule has 0 aliphatic carbocycles. The van der Waals surface area contributed by atoms with Crippen LogP contribution < -0.4 is 5.32 Å². The molecule has 8 atom stereocenters. The van der Waals surface area contributed by atoms with Gasteiger partial charge in [-0.2, -0.15) is 0 Å². The monoisotopic (exact) mass is 1190 g/mol. The minimum atomic E-state index is -1.62. The molecule has 1 aliphatic heterocycles. The van der Waals surface area contributed by atoms with Gasteiger partial charge in [-0.15, -0.1) is 0 Å². The SMILES string of the molecule is CC/C=C\C/C=C\C/C=C\C/C=C\C/C=C\C/C=C\CCCCCCCCCCC(=O)OC1C(OCC(NC(=O)C(O)CCCCCCCCCC/C=C/CCCCCCCC)C(O)/C=C/CCCCCCCCCCC)OC(CO)C(O)C1O. The van der Waals surface area contributed by atoms with E-state index in [-0.39, 0.29) is 19.4 Å². The third-order valence-electron chi connectivity index (χ3n) is 16.0. The number of allylic oxidation sites excluding steroid dienone is 15. The molecule has 1 saturated heterocycles. The molecule has 0 spiro atoms. The molecule has 85 heavy (non-hydrogen) atoms. The summed E-state index contributed by atoms with van der Waals surface area (Å²) in [4.78, 5) is 26.6. The van der Waals surface area contributed by atoms with Crippen LogP contribution in [0.5, 0.6) is 0 Å². The van der Waals surface area contributed by atoms with Gasteiger partial charge in [0, 0.05) is 6.42 Å². The number of ether oxygens (including phenoxy) is 3. The lowest BCUT2D eigenvalue weighted by Crippen LogP contribution is -2.61. The predicted molar refractivity (Wildman–Crippen MR) is 356 cm³/mol. The standard InChI is InChI=1S/C74H129NO10/c1-4-7-10-13-16-19-22-24-26-28-30-31-32-33-34-35-36-37-38-40-42-44-47-50-53-56-59-62-69(79)85-72-71(81)70(80)68(63-76)84-74(72)83-64-65(66(77)60-57-54-51-48-45-21-18-15-12-9-6-3)75-73(82)67(78)61-58-55-52-49-46-43-41-39-29-27-25-23-20-17-14-11-8-5-2/h7,10,16,19,24-27,30-31,33-34,36-37,57,60,65-68,70-72,74,76-78,80-81H,4-6,8-9,11-15,17-18,20-23,28-29,32,35,38-56,58-59,61-64H2,1-3H3,(H,75,82)/b10-7-,19-16-,26-24-,27-25+,31-30-,34-33-,37-36-,60-57+. The summed E-state index contributed by atoms with van der Waals surface area (Å²) in [5.74, 6) is -1.20. The lowest BCUT2D eigenvalue weighted by atomic mass is 9.99. The van der Waals surface area contributed by atoms with Crippen molar-refractivity contribution in [3.8, 4) is 0 Å². The van der Waals surface area contributed by atoms with Crippen molar-refractivity contribution < 1.29 is 49.3 Å². The van der Waals surface area contributed by atoms with E-state index in [0.717, 1.165) is 116 Å². The quantitative estimate of drug-likeness (QED) is 0.0195. The van der Waals surface area contributed by atoms with Crippen molar-refractivity contribution >= 4 is 11.9 Å². The summed E-state index contributed by atoms with van der Waals surface area (Å²) in [6.07, 6.45) is 71.6. The van der Waals surface area contributed by atoms with E-state index in [2.05, 4.69) is 111 Å². The molecule has 11 heteroatoms. The van der Waals surface area contributed by atoms with Gasteiger partial charge in [0.2, 0.25) is 5.91 Å². The molecule has 1 rings (SSSR count). The average Bonchev–Trinajstić information content (AvgIpc) is 2.92. The minimum Gasteiger partial charge on any atom is -0.454 e. The fourth-order valence-electron chi connectivity index (χ4n) is 10.5. The van der Waals surface area contributed by atoms with Crippen molar-refractivity contribution in [2.45, 2.75) is 346 Å².